The Morgan fingerprint density at radius 3 is 2.61 bits per heavy atom. The first kappa shape index (κ1) is 17.7. The van der Waals surface area contributed by atoms with Gasteiger partial charge in [-0.05, 0) is 54.0 Å². The number of nitrogens with one attached hydrogen (secondary N) is 1. The Morgan fingerprint density at radius 2 is 1.75 bits per heavy atom. The van der Waals surface area contributed by atoms with Gasteiger partial charge in [0.2, 0.25) is 0 Å². The molecule has 1 aromatic heterocycles. The van der Waals surface area contributed by atoms with Gasteiger partial charge >= 0.3 is 0 Å². The molecule has 28 heavy (non-hydrogen) atoms. The van der Waals surface area contributed by atoms with E-state index in [0.717, 1.165) is 62.2 Å². The Balaban J connectivity index is 1.36. The number of nitrogens with zero attached hydrogens (tertiary/aromatic N) is 1. The Bertz CT molecular complexity index is 1060. The van der Waals surface area contributed by atoms with Crippen LogP contribution in [0.25, 0.3) is 22.0 Å². The van der Waals surface area contributed by atoms with Crippen LogP contribution < -0.4 is 5.56 Å². The summed E-state index contributed by atoms with van der Waals surface area (Å²) in [6.07, 6.45) is 4.43. The van der Waals surface area contributed by atoms with Gasteiger partial charge in [0.1, 0.15) is 0 Å². The molecule has 144 valence electrons. The molecule has 4 heteroatoms. The van der Waals surface area contributed by atoms with Crippen molar-refractivity contribution in [2.24, 2.45) is 0 Å². The summed E-state index contributed by atoms with van der Waals surface area (Å²) in [5.41, 5.74) is 6.35. The van der Waals surface area contributed by atoms with Crippen LogP contribution in [-0.4, -0.2) is 42.7 Å². The van der Waals surface area contributed by atoms with E-state index in [9.17, 15) is 4.79 Å². The minimum atomic E-state index is 0.0121. The predicted octanol–water partition coefficient (Wildman–Crippen LogP) is 3.75. The number of fused-ring (bicyclic) bond motifs is 5. The van der Waals surface area contributed by atoms with Gasteiger partial charge < -0.3 is 9.72 Å². The van der Waals surface area contributed by atoms with Crippen LogP contribution in [0, 0.1) is 0 Å². The number of hydrogen-bond donors (Lipinski definition) is 1. The van der Waals surface area contributed by atoms with E-state index < -0.39 is 0 Å². The van der Waals surface area contributed by atoms with Gasteiger partial charge in [0.05, 0.1) is 18.9 Å². The van der Waals surface area contributed by atoms with E-state index in [-0.39, 0.29) is 5.56 Å². The molecular formula is C24H26N2O2. The number of morpholine rings is 1. The maximum absolute atomic E-state index is 12.5. The summed E-state index contributed by atoms with van der Waals surface area (Å²) in [7, 11) is 0. The van der Waals surface area contributed by atoms with E-state index in [0.29, 0.717) is 0 Å². The second-order valence-electron chi connectivity index (χ2n) is 7.88. The number of aromatic nitrogens is 1. The van der Waals surface area contributed by atoms with E-state index in [1.807, 2.05) is 18.2 Å². The number of pyridine rings is 1. The maximum atomic E-state index is 12.5. The standard InChI is InChI=1S/C24H26N2O2/c27-24-20-9-2-1-8-18(20)22-16-21-17(7-5-10-19(21)23(22)25-24)6-3-4-11-26-12-14-28-15-13-26/h1-2,5,7-10H,3-4,6,11-16H2,(H,25,27). The van der Waals surface area contributed by atoms with Crippen molar-refractivity contribution in [1.29, 1.82) is 0 Å². The molecule has 0 unspecified atom stereocenters. The van der Waals surface area contributed by atoms with Crippen molar-refractivity contribution in [2.75, 3.05) is 32.8 Å². The molecule has 0 radical (unpaired) electrons. The van der Waals surface area contributed by atoms with Crippen molar-refractivity contribution in [3.63, 3.8) is 0 Å². The molecule has 1 fully saturated rings. The van der Waals surface area contributed by atoms with Gasteiger partial charge in [-0.2, -0.15) is 0 Å². The summed E-state index contributed by atoms with van der Waals surface area (Å²) in [6.45, 7) is 5.04. The van der Waals surface area contributed by atoms with Crippen molar-refractivity contribution in [3.05, 3.63) is 69.5 Å². The molecule has 0 atom stereocenters. The van der Waals surface area contributed by atoms with Crippen LogP contribution in [0.3, 0.4) is 0 Å². The lowest BCUT2D eigenvalue weighted by molar-refractivity contribution is 0.0372. The lowest BCUT2D eigenvalue weighted by atomic mass is 9.98. The normalized spacial score (nSPS) is 16.3. The van der Waals surface area contributed by atoms with Gasteiger partial charge in [-0.1, -0.05) is 36.4 Å². The molecule has 1 aliphatic heterocycles. The zero-order valence-electron chi connectivity index (χ0n) is 16.2. The highest BCUT2D eigenvalue weighted by atomic mass is 16.5. The third-order valence-electron chi connectivity index (χ3n) is 6.21. The number of aryl methyl sites for hydroxylation is 1. The van der Waals surface area contributed by atoms with Gasteiger partial charge in [0.25, 0.3) is 5.56 Å². The van der Waals surface area contributed by atoms with Crippen LogP contribution in [0.15, 0.2) is 47.3 Å². The number of ether oxygens (including phenoxy) is 1. The molecule has 0 saturated carbocycles. The largest absolute Gasteiger partial charge is 0.379 e. The Kier molecular flexibility index (Phi) is 4.75. The third kappa shape index (κ3) is 3.17. The second-order valence-corrected chi connectivity index (χ2v) is 7.88. The fourth-order valence-electron chi connectivity index (χ4n) is 4.71. The van der Waals surface area contributed by atoms with Gasteiger partial charge in [-0.3, -0.25) is 9.69 Å². The monoisotopic (exact) mass is 374 g/mol. The zero-order chi connectivity index (χ0) is 18.9. The molecule has 1 N–H and O–H groups in total. The van der Waals surface area contributed by atoms with E-state index >= 15 is 0 Å². The van der Waals surface area contributed by atoms with Crippen molar-refractivity contribution in [1.82, 2.24) is 9.88 Å². The van der Waals surface area contributed by atoms with Crippen LogP contribution in [0.5, 0.6) is 0 Å². The zero-order valence-corrected chi connectivity index (χ0v) is 16.2. The van der Waals surface area contributed by atoms with Crippen LogP contribution in [-0.2, 0) is 17.6 Å². The summed E-state index contributed by atoms with van der Waals surface area (Å²) in [6, 6.07) is 14.5. The fraction of sp³-hybridized carbons (Fsp3) is 0.375. The molecule has 1 saturated heterocycles. The maximum Gasteiger partial charge on any atom is 0.256 e. The fourth-order valence-corrected chi connectivity index (χ4v) is 4.71. The van der Waals surface area contributed by atoms with E-state index in [1.54, 1.807) is 0 Å². The minimum Gasteiger partial charge on any atom is -0.379 e. The van der Waals surface area contributed by atoms with E-state index in [2.05, 4.69) is 34.1 Å². The van der Waals surface area contributed by atoms with Crippen LogP contribution in [0.4, 0.5) is 0 Å². The van der Waals surface area contributed by atoms with Crippen LogP contribution in [0.2, 0.25) is 0 Å². The molecule has 3 aromatic rings. The first-order chi connectivity index (χ1) is 13.8. The van der Waals surface area contributed by atoms with Crippen molar-refractivity contribution in [2.45, 2.75) is 25.7 Å². The average Bonchev–Trinajstić information content (AvgIpc) is 3.12. The van der Waals surface area contributed by atoms with E-state index in [1.165, 1.54) is 35.1 Å². The van der Waals surface area contributed by atoms with Gasteiger partial charge in [0, 0.05) is 30.5 Å². The third-order valence-corrected chi connectivity index (χ3v) is 6.21. The van der Waals surface area contributed by atoms with Gasteiger partial charge in [-0.15, -0.1) is 0 Å². The predicted molar refractivity (Wildman–Crippen MR) is 113 cm³/mol. The Hall–Kier alpha value is -2.43. The molecular weight excluding hydrogens is 348 g/mol. The summed E-state index contributed by atoms with van der Waals surface area (Å²) in [5.74, 6) is 0. The molecule has 0 bridgehead atoms. The van der Waals surface area contributed by atoms with Crippen molar-refractivity contribution < 1.29 is 4.74 Å². The molecule has 0 amide bonds. The summed E-state index contributed by atoms with van der Waals surface area (Å²) >= 11 is 0. The number of benzene rings is 2. The van der Waals surface area contributed by atoms with E-state index in [4.69, 9.17) is 4.74 Å². The van der Waals surface area contributed by atoms with Crippen LogP contribution >= 0.6 is 0 Å². The number of aromatic amines is 1. The number of rotatable bonds is 5. The molecule has 2 aromatic carbocycles. The molecule has 1 aliphatic carbocycles. The smallest absolute Gasteiger partial charge is 0.256 e. The first-order valence-corrected chi connectivity index (χ1v) is 10.4. The summed E-state index contributed by atoms with van der Waals surface area (Å²) in [5, 5.41) is 1.89. The molecule has 4 nitrogen and oxygen atoms in total. The highest BCUT2D eigenvalue weighted by molar-refractivity contribution is 5.93. The number of hydrogen-bond acceptors (Lipinski definition) is 3. The average molecular weight is 374 g/mol. The molecule has 2 aliphatic rings. The highest BCUT2D eigenvalue weighted by Crippen LogP contribution is 2.39. The second kappa shape index (κ2) is 7.53. The van der Waals surface area contributed by atoms with Gasteiger partial charge in [-0.25, -0.2) is 0 Å². The first-order valence-electron chi connectivity index (χ1n) is 10.4. The quantitative estimate of drug-likeness (QED) is 0.541. The number of H-pyrrole nitrogens is 1. The van der Waals surface area contributed by atoms with Crippen molar-refractivity contribution in [3.8, 4) is 11.3 Å². The lowest BCUT2D eigenvalue weighted by Gasteiger charge is -2.26. The Morgan fingerprint density at radius 1 is 0.929 bits per heavy atom. The Labute approximate surface area is 165 Å². The molecule has 2 heterocycles. The minimum absolute atomic E-state index is 0.0121. The molecule has 5 rings (SSSR count). The topological polar surface area (TPSA) is 45.3 Å². The SMILES string of the molecule is O=c1[nH]c2c(c3ccccc13)Cc1c(CCCCN3CCOCC3)cccc1-2. The molecule has 0 spiro atoms. The van der Waals surface area contributed by atoms with Crippen molar-refractivity contribution >= 4 is 10.8 Å². The summed E-state index contributed by atoms with van der Waals surface area (Å²) in [4.78, 5) is 18.2. The van der Waals surface area contributed by atoms with Gasteiger partial charge in [0.15, 0.2) is 0 Å². The number of unbranched alkanes of at least 4 members (excludes halogenated alkanes) is 1. The lowest BCUT2D eigenvalue weighted by Crippen LogP contribution is -2.36. The highest BCUT2D eigenvalue weighted by Gasteiger charge is 2.24. The summed E-state index contributed by atoms with van der Waals surface area (Å²) < 4.78 is 5.43. The van der Waals surface area contributed by atoms with Crippen LogP contribution in [0.1, 0.15) is 29.5 Å².